The molecule has 0 bridgehead atoms. The molecule has 1 aliphatic rings. The van der Waals surface area contributed by atoms with E-state index in [1.54, 1.807) is 0 Å². The fourth-order valence-corrected chi connectivity index (χ4v) is 2.40. The molecule has 4 nitrogen and oxygen atoms in total. The van der Waals surface area contributed by atoms with Crippen LogP contribution in [0.2, 0.25) is 0 Å². The first-order valence-electron chi connectivity index (χ1n) is 5.80. The normalized spacial score (nSPS) is 19.1. The summed E-state index contributed by atoms with van der Waals surface area (Å²) in [5.41, 5.74) is 7.08. The third kappa shape index (κ3) is 1.72. The maximum absolute atomic E-state index is 5.90. The summed E-state index contributed by atoms with van der Waals surface area (Å²) >= 11 is 0. The molecule has 0 amide bonds. The molecule has 16 heavy (non-hydrogen) atoms. The van der Waals surface area contributed by atoms with Crippen molar-refractivity contribution in [2.45, 2.75) is 46.1 Å². The minimum absolute atomic E-state index is 0.179. The summed E-state index contributed by atoms with van der Waals surface area (Å²) in [6, 6.07) is 0. The molecule has 2 rings (SSSR count). The lowest BCUT2D eigenvalue weighted by Crippen LogP contribution is -2.39. The van der Waals surface area contributed by atoms with Crippen molar-refractivity contribution in [1.82, 2.24) is 9.97 Å². The number of nitrogens with two attached hydrogens (primary N) is 1. The number of hydrogen-bond acceptors (Lipinski definition) is 4. The van der Waals surface area contributed by atoms with Gasteiger partial charge in [0, 0.05) is 17.6 Å². The molecule has 1 aromatic rings. The number of hydrogen-bond donors (Lipinski definition) is 1. The Morgan fingerprint density at radius 1 is 1.25 bits per heavy atom. The molecule has 1 saturated heterocycles. The Balaban J connectivity index is 2.48. The number of nitrogen functional groups attached to an aromatic ring is 1. The lowest BCUT2D eigenvalue weighted by Gasteiger charge is -2.33. The van der Waals surface area contributed by atoms with Gasteiger partial charge in [0.1, 0.15) is 17.5 Å². The minimum Gasteiger partial charge on any atom is -0.383 e. The van der Waals surface area contributed by atoms with Gasteiger partial charge in [0.05, 0.1) is 0 Å². The van der Waals surface area contributed by atoms with E-state index in [-0.39, 0.29) is 5.54 Å². The monoisotopic (exact) mass is 220 g/mol. The average Bonchev–Trinajstić information content (AvgIpc) is 2.51. The highest BCUT2D eigenvalue weighted by Crippen LogP contribution is 2.35. The topological polar surface area (TPSA) is 55.0 Å². The molecular weight excluding hydrogens is 200 g/mol. The van der Waals surface area contributed by atoms with E-state index in [1.807, 2.05) is 13.8 Å². The summed E-state index contributed by atoms with van der Waals surface area (Å²) in [6.45, 7) is 9.46. The van der Waals surface area contributed by atoms with Gasteiger partial charge in [0.15, 0.2) is 0 Å². The summed E-state index contributed by atoms with van der Waals surface area (Å²) in [7, 11) is 0. The third-order valence-electron chi connectivity index (χ3n) is 3.43. The van der Waals surface area contributed by atoms with Crippen LogP contribution in [-0.4, -0.2) is 22.1 Å². The number of aryl methyl sites for hydroxylation is 1. The van der Waals surface area contributed by atoms with E-state index in [0.29, 0.717) is 5.82 Å². The second-order valence-corrected chi connectivity index (χ2v) is 5.17. The van der Waals surface area contributed by atoms with Crippen LogP contribution in [0.15, 0.2) is 0 Å². The lowest BCUT2D eigenvalue weighted by atomic mass is 10.0. The molecular formula is C12H20N4. The Bertz CT molecular complexity index is 412. The fraction of sp³-hybridized carbons (Fsp3) is 0.667. The van der Waals surface area contributed by atoms with Gasteiger partial charge < -0.3 is 10.6 Å². The molecule has 1 fully saturated rings. The van der Waals surface area contributed by atoms with E-state index in [1.165, 1.54) is 12.8 Å². The van der Waals surface area contributed by atoms with E-state index in [2.05, 4.69) is 28.7 Å². The van der Waals surface area contributed by atoms with E-state index in [0.717, 1.165) is 23.8 Å². The first-order chi connectivity index (χ1) is 7.42. The summed E-state index contributed by atoms with van der Waals surface area (Å²) in [5, 5.41) is 0. The molecule has 0 aromatic carbocycles. The van der Waals surface area contributed by atoms with Crippen molar-refractivity contribution in [3.05, 3.63) is 11.4 Å². The van der Waals surface area contributed by atoms with Gasteiger partial charge in [-0.25, -0.2) is 9.97 Å². The number of anilines is 2. The molecule has 1 aromatic heterocycles. The zero-order chi connectivity index (χ0) is 11.9. The standard InChI is InChI=1S/C12H20N4/c1-8-10(13)14-9(2)15-11(8)16-7-5-6-12(16,3)4/h5-7H2,1-4H3,(H2,13,14,15). The Morgan fingerprint density at radius 2 is 1.94 bits per heavy atom. The van der Waals surface area contributed by atoms with Gasteiger partial charge >= 0.3 is 0 Å². The first kappa shape index (κ1) is 11.2. The zero-order valence-corrected chi connectivity index (χ0v) is 10.5. The fourth-order valence-electron chi connectivity index (χ4n) is 2.40. The van der Waals surface area contributed by atoms with Crippen LogP contribution in [0.25, 0.3) is 0 Å². The van der Waals surface area contributed by atoms with Gasteiger partial charge in [0.25, 0.3) is 0 Å². The molecule has 0 saturated carbocycles. The van der Waals surface area contributed by atoms with Crippen molar-refractivity contribution >= 4 is 11.6 Å². The highest BCUT2D eigenvalue weighted by Gasteiger charge is 2.34. The second kappa shape index (κ2) is 3.61. The van der Waals surface area contributed by atoms with Gasteiger partial charge in [-0.3, -0.25) is 0 Å². The highest BCUT2D eigenvalue weighted by molar-refractivity contribution is 5.58. The predicted octanol–water partition coefficient (Wildman–Crippen LogP) is 2.05. The Morgan fingerprint density at radius 3 is 2.50 bits per heavy atom. The van der Waals surface area contributed by atoms with Crippen LogP contribution in [0.1, 0.15) is 38.1 Å². The van der Waals surface area contributed by atoms with E-state index in [9.17, 15) is 0 Å². The van der Waals surface area contributed by atoms with Crippen LogP contribution in [0.5, 0.6) is 0 Å². The smallest absolute Gasteiger partial charge is 0.137 e. The maximum atomic E-state index is 5.90. The Hall–Kier alpha value is -1.32. The summed E-state index contributed by atoms with van der Waals surface area (Å²) in [6.07, 6.45) is 2.42. The molecule has 2 N–H and O–H groups in total. The molecule has 0 unspecified atom stereocenters. The quantitative estimate of drug-likeness (QED) is 0.787. The number of aromatic nitrogens is 2. The van der Waals surface area contributed by atoms with Gasteiger partial charge in [0.2, 0.25) is 0 Å². The summed E-state index contributed by atoms with van der Waals surface area (Å²) < 4.78 is 0. The van der Waals surface area contributed by atoms with Gasteiger partial charge in [-0.1, -0.05) is 0 Å². The molecule has 0 atom stereocenters. The van der Waals surface area contributed by atoms with Crippen molar-refractivity contribution in [3.8, 4) is 0 Å². The Kier molecular flexibility index (Phi) is 2.52. The maximum Gasteiger partial charge on any atom is 0.137 e. The van der Waals surface area contributed by atoms with Gasteiger partial charge in [-0.15, -0.1) is 0 Å². The van der Waals surface area contributed by atoms with E-state index in [4.69, 9.17) is 5.73 Å². The van der Waals surface area contributed by atoms with Crippen LogP contribution < -0.4 is 10.6 Å². The second-order valence-electron chi connectivity index (χ2n) is 5.17. The van der Waals surface area contributed by atoms with Crippen molar-refractivity contribution in [2.75, 3.05) is 17.2 Å². The largest absolute Gasteiger partial charge is 0.383 e. The first-order valence-corrected chi connectivity index (χ1v) is 5.80. The molecule has 4 heteroatoms. The van der Waals surface area contributed by atoms with Crippen LogP contribution in [0.3, 0.4) is 0 Å². The van der Waals surface area contributed by atoms with Crippen LogP contribution >= 0.6 is 0 Å². The zero-order valence-electron chi connectivity index (χ0n) is 10.5. The van der Waals surface area contributed by atoms with Crippen LogP contribution in [-0.2, 0) is 0 Å². The summed E-state index contributed by atoms with van der Waals surface area (Å²) in [4.78, 5) is 11.1. The van der Waals surface area contributed by atoms with E-state index < -0.39 is 0 Å². The van der Waals surface area contributed by atoms with Gasteiger partial charge in [-0.2, -0.15) is 0 Å². The highest BCUT2D eigenvalue weighted by atomic mass is 15.3. The van der Waals surface area contributed by atoms with Crippen molar-refractivity contribution in [1.29, 1.82) is 0 Å². The summed E-state index contributed by atoms with van der Waals surface area (Å²) in [5.74, 6) is 2.36. The number of nitrogens with zero attached hydrogens (tertiary/aromatic N) is 3. The SMILES string of the molecule is Cc1nc(N)c(C)c(N2CCCC2(C)C)n1. The number of rotatable bonds is 1. The van der Waals surface area contributed by atoms with Crippen molar-refractivity contribution in [3.63, 3.8) is 0 Å². The third-order valence-corrected chi connectivity index (χ3v) is 3.43. The van der Waals surface area contributed by atoms with Crippen molar-refractivity contribution in [2.24, 2.45) is 0 Å². The molecule has 0 aliphatic carbocycles. The van der Waals surface area contributed by atoms with Gasteiger partial charge in [-0.05, 0) is 40.5 Å². The van der Waals surface area contributed by atoms with Crippen LogP contribution in [0, 0.1) is 13.8 Å². The lowest BCUT2D eigenvalue weighted by molar-refractivity contribution is 0.513. The Labute approximate surface area is 96.9 Å². The van der Waals surface area contributed by atoms with Crippen LogP contribution in [0.4, 0.5) is 11.6 Å². The predicted molar refractivity (Wildman–Crippen MR) is 66.6 cm³/mol. The molecule has 0 radical (unpaired) electrons. The molecule has 1 aliphatic heterocycles. The minimum atomic E-state index is 0.179. The molecule has 2 heterocycles. The molecule has 88 valence electrons. The molecule has 0 spiro atoms. The van der Waals surface area contributed by atoms with Crippen molar-refractivity contribution < 1.29 is 0 Å². The van der Waals surface area contributed by atoms with E-state index >= 15 is 0 Å². The average molecular weight is 220 g/mol.